The molecule has 0 aromatic rings. The van der Waals surface area contributed by atoms with Crippen LogP contribution in [0.2, 0.25) is 0 Å². The van der Waals surface area contributed by atoms with Crippen LogP contribution >= 0.6 is 0 Å². The van der Waals surface area contributed by atoms with Gasteiger partial charge in [-0.1, -0.05) is 0 Å². The minimum Gasteiger partial charge on any atom is -0.257 e. The molecule has 1 heterocycles. The van der Waals surface area contributed by atoms with E-state index in [4.69, 9.17) is 0 Å². The second-order valence-corrected chi connectivity index (χ2v) is 2.69. The highest BCUT2D eigenvalue weighted by atomic mass is 15.4. The fraction of sp³-hybridized carbons (Fsp3) is 1.00. The van der Waals surface area contributed by atoms with E-state index in [1.54, 1.807) is 0 Å². The molecule has 0 radical (unpaired) electrons. The summed E-state index contributed by atoms with van der Waals surface area (Å²) in [4.78, 5) is 0. The molecule has 0 atom stereocenters. The molecule has 2 N–H and O–H groups in total. The zero-order chi connectivity index (χ0) is 5.33. The lowest BCUT2D eigenvalue weighted by Gasteiger charge is -2.14. The van der Waals surface area contributed by atoms with E-state index in [1.807, 2.05) is 0 Å². The van der Waals surface area contributed by atoms with Crippen molar-refractivity contribution >= 4 is 0 Å². The van der Waals surface area contributed by atoms with Crippen LogP contribution < -0.4 is 10.9 Å². The molecule has 0 aromatic carbocycles. The second-order valence-electron chi connectivity index (χ2n) is 2.69. The van der Waals surface area contributed by atoms with Gasteiger partial charge in [0.05, 0.1) is 0 Å². The van der Waals surface area contributed by atoms with Crippen LogP contribution in [0.15, 0.2) is 0 Å². The van der Waals surface area contributed by atoms with Crippen LogP contribution in [-0.2, 0) is 0 Å². The van der Waals surface area contributed by atoms with Crippen molar-refractivity contribution in [1.82, 2.24) is 10.9 Å². The van der Waals surface area contributed by atoms with E-state index in [1.165, 1.54) is 6.42 Å². The number of hydrogen-bond donors (Lipinski definition) is 2. The van der Waals surface area contributed by atoms with E-state index in [0.29, 0.717) is 5.54 Å². The van der Waals surface area contributed by atoms with Gasteiger partial charge in [0.2, 0.25) is 0 Å². The molecule has 2 nitrogen and oxygen atoms in total. The van der Waals surface area contributed by atoms with Crippen molar-refractivity contribution in [2.24, 2.45) is 0 Å². The fourth-order valence-electron chi connectivity index (χ4n) is 0.739. The van der Waals surface area contributed by atoms with Crippen LogP contribution in [0.3, 0.4) is 0 Å². The van der Waals surface area contributed by atoms with Crippen LogP contribution in [0.5, 0.6) is 0 Å². The van der Waals surface area contributed by atoms with Gasteiger partial charge in [0, 0.05) is 12.1 Å². The number of rotatable bonds is 0. The molecule has 1 aliphatic rings. The standard InChI is InChI=1S/C5H12N2/c1-5(2)3-4-6-7-5/h6-7H,3-4H2,1-2H3. The second kappa shape index (κ2) is 1.46. The zero-order valence-corrected chi connectivity index (χ0v) is 4.91. The van der Waals surface area contributed by atoms with Crippen molar-refractivity contribution in [3.63, 3.8) is 0 Å². The molecule has 0 amide bonds. The third-order valence-corrected chi connectivity index (χ3v) is 1.30. The Labute approximate surface area is 44.3 Å². The van der Waals surface area contributed by atoms with Gasteiger partial charge in [-0.2, -0.15) is 0 Å². The van der Waals surface area contributed by atoms with Crippen LogP contribution in [0, 0.1) is 0 Å². The van der Waals surface area contributed by atoms with Gasteiger partial charge in [-0.25, -0.2) is 0 Å². The maximum absolute atomic E-state index is 3.15. The predicted molar refractivity (Wildman–Crippen MR) is 29.8 cm³/mol. The molecule has 1 fully saturated rings. The molecule has 7 heavy (non-hydrogen) atoms. The highest BCUT2D eigenvalue weighted by molar-refractivity contribution is 4.80. The smallest absolute Gasteiger partial charge is 0.0280 e. The van der Waals surface area contributed by atoms with Crippen molar-refractivity contribution in [2.75, 3.05) is 6.54 Å². The molecular formula is C5H12N2. The average Bonchev–Trinajstić information content (AvgIpc) is 1.84. The Bertz CT molecular complexity index is 60.5. The summed E-state index contributed by atoms with van der Waals surface area (Å²) in [7, 11) is 0. The quantitative estimate of drug-likeness (QED) is 0.456. The Morgan fingerprint density at radius 2 is 2.14 bits per heavy atom. The Balaban J connectivity index is 2.40. The summed E-state index contributed by atoms with van der Waals surface area (Å²) in [6.45, 7) is 5.48. The van der Waals surface area contributed by atoms with E-state index in [2.05, 4.69) is 24.7 Å². The van der Waals surface area contributed by atoms with Gasteiger partial charge in [-0.05, 0) is 20.3 Å². The van der Waals surface area contributed by atoms with Gasteiger partial charge in [0.15, 0.2) is 0 Å². The molecule has 0 aliphatic carbocycles. The Kier molecular flexibility index (Phi) is 1.05. The van der Waals surface area contributed by atoms with Crippen LogP contribution in [0.1, 0.15) is 20.3 Å². The first-order chi connectivity index (χ1) is 3.21. The van der Waals surface area contributed by atoms with Gasteiger partial charge >= 0.3 is 0 Å². The van der Waals surface area contributed by atoms with E-state index in [9.17, 15) is 0 Å². The van der Waals surface area contributed by atoms with Crippen LogP contribution in [0.4, 0.5) is 0 Å². The number of hydrazine groups is 1. The average molecular weight is 100 g/mol. The lowest BCUT2D eigenvalue weighted by Crippen LogP contribution is -2.37. The van der Waals surface area contributed by atoms with Gasteiger partial charge in [-0.3, -0.25) is 10.9 Å². The molecule has 1 saturated heterocycles. The first kappa shape index (κ1) is 5.06. The van der Waals surface area contributed by atoms with Crippen molar-refractivity contribution in [1.29, 1.82) is 0 Å². The Morgan fingerprint density at radius 3 is 2.29 bits per heavy atom. The SMILES string of the molecule is CC1(C)CCNN1. The first-order valence-corrected chi connectivity index (χ1v) is 2.71. The van der Waals surface area contributed by atoms with Gasteiger partial charge in [0.25, 0.3) is 0 Å². The molecule has 1 rings (SSSR count). The normalized spacial score (nSPS) is 28.3. The lowest BCUT2D eigenvalue weighted by atomic mass is 10.0. The van der Waals surface area contributed by atoms with Gasteiger partial charge in [-0.15, -0.1) is 0 Å². The topological polar surface area (TPSA) is 24.1 Å². The Hall–Kier alpha value is -0.0800. The minimum absolute atomic E-state index is 0.333. The van der Waals surface area contributed by atoms with E-state index >= 15 is 0 Å². The number of hydrogen-bond acceptors (Lipinski definition) is 2. The summed E-state index contributed by atoms with van der Waals surface area (Å²) < 4.78 is 0. The van der Waals surface area contributed by atoms with Crippen molar-refractivity contribution in [3.05, 3.63) is 0 Å². The third kappa shape index (κ3) is 1.14. The molecular weight excluding hydrogens is 88.1 g/mol. The Morgan fingerprint density at radius 1 is 1.43 bits per heavy atom. The molecule has 0 spiro atoms. The zero-order valence-electron chi connectivity index (χ0n) is 4.91. The summed E-state index contributed by atoms with van der Waals surface area (Å²) in [5.74, 6) is 0. The molecule has 0 bridgehead atoms. The largest absolute Gasteiger partial charge is 0.257 e. The predicted octanol–water partition coefficient (Wildman–Crippen LogP) is 0.263. The monoisotopic (exact) mass is 100 g/mol. The highest BCUT2D eigenvalue weighted by Crippen LogP contribution is 2.08. The van der Waals surface area contributed by atoms with Gasteiger partial charge in [0.1, 0.15) is 0 Å². The molecule has 1 aliphatic heterocycles. The molecule has 0 saturated carbocycles. The summed E-state index contributed by atoms with van der Waals surface area (Å²) in [6.07, 6.45) is 1.23. The summed E-state index contributed by atoms with van der Waals surface area (Å²) >= 11 is 0. The summed E-state index contributed by atoms with van der Waals surface area (Å²) in [5.41, 5.74) is 6.54. The third-order valence-electron chi connectivity index (χ3n) is 1.30. The lowest BCUT2D eigenvalue weighted by molar-refractivity contribution is 0.431. The van der Waals surface area contributed by atoms with E-state index < -0.39 is 0 Å². The number of nitrogens with one attached hydrogen (secondary N) is 2. The van der Waals surface area contributed by atoms with Crippen molar-refractivity contribution in [2.45, 2.75) is 25.8 Å². The van der Waals surface area contributed by atoms with Crippen molar-refractivity contribution in [3.8, 4) is 0 Å². The summed E-state index contributed by atoms with van der Waals surface area (Å²) in [6, 6.07) is 0. The molecule has 2 heteroatoms. The van der Waals surface area contributed by atoms with E-state index in [0.717, 1.165) is 6.54 Å². The molecule has 0 unspecified atom stereocenters. The first-order valence-electron chi connectivity index (χ1n) is 2.71. The maximum Gasteiger partial charge on any atom is 0.0280 e. The minimum atomic E-state index is 0.333. The molecule has 42 valence electrons. The summed E-state index contributed by atoms with van der Waals surface area (Å²) in [5, 5.41) is 0. The van der Waals surface area contributed by atoms with Gasteiger partial charge < -0.3 is 0 Å². The van der Waals surface area contributed by atoms with E-state index in [-0.39, 0.29) is 0 Å². The highest BCUT2D eigenvalue weighted by Gasteiger charge is 2.20. The van der Waals surface area contributed by atoms with Crippen LogP contribution in [-0.4, -0.2) is 12.1 Å². The maximum atomic E-state index is 3.15. The fourth-order valence-corrected chi connectivity index (χ4v) is 0.739. The molecule has 0 aromatic heterocycles. The van der Waals surface area contributed by atoms with Crippen LogP contribution in [0.25, 0.3) is 0 Å². The van der Waals surface area contributed by atoms with Crippen molar-refractivity contribution < 1.29 is 0 Å².